The van der Waals surface area contributed by atoms with E-state index in [2.05, 4.69) is 21.3 Å². The highest BCUT2D eigenvalue weighted by atomic mass is 16.5. The van der Waals surface area contributed by atoms with Crippen molar-refractivity contribution in [3.63, 3.8) is 0 Å². The lowest BCUT2D eigenvalue weighted by molar-refractivity contribution is 0.152. The molecule has 1 aliphatic heterocycles. The number of hydrogen-bond donors (Lipinski definition) is 1. The molecule has 2 rings (SSSR count). The molecule has 0 saturated carbocycles. The summed E-state index contributed by atoms with van der Waals surface area (Å²) in [5.41, 5.74) is 2.26. The molecule has 0 spiro atoms. The zero-order valence-electron chi connectivity index (χ0n) is 10.6. The van der Waals surface area contributed by atoms with Gasteiger partial charge in [-0.25, -0.2) is 0 Å². The van der Waals surface area contributed by atoms with Crippen molar-refractivity contribution in [2.24, 2.45) is 5.92 Å². The van der Waals surface area contributed by atoms with Gasteiger partial charge >= 0.3 is 0 Å². The van der Waals surface area contributed by atoms with E-state index in [1.54, 1.807) is 7.11 Å². The van der Waals surface area contributed by atoms with Gasteiger partial charge in [0, 0.05) is 39.1 Å². The Bertz CT molecular complexity index is 356. The van der Waals surface area contributed by atoms with Crippen molar-refractivity contribution in [2.45, 2.75) is 13.0 Å². The summed E-state index contributed by atoms with van der Waals surface area (Å²) >= 11 is 0. The smallest absolute Gasteiger partial charge is 0.0564 e. The minimum absolute atomic E-state index is 0.687. The fourth-order valence-corrected chi connectivity index (χ4v) is 2.38. The minimum atomic E-state index is 0.687. The number of nitrogens with one attached hydrogen (secondary N) is 1. The Morgan fingerprint density at radius 2 is 2.47 bits per heavy atom. The number of aromatic nitrogens is 1. The molecule has 2 heterocycles. The lowest BCUT2D eigenvalue weighted by atomic mass is 10.1. The normalized spacial score (nSPS) is 20.7. The van der Waals surface area contributed by atoms with Crippen LogP contribution >= 0.6 is 0 Å². The van der Waals surface area contributed by atoms with Crippen molar-refractivity contribution in [3.05, 3.63) is 24.0 Å². The van der Waals surface area contributed by atoms with E-state index in [4.69, 9.17) is 4.74 Å². The predicted octanol–water partition coefficient (Wildman–Crippen LogP) is 1.59. The number of methoxy groups -OCH3 is 1. The average Bonchev–Trinajstić information content (AvgIpc) is 2.77. The van der Waals surface area contributed by atoms with Gasteiger partial charge in [-0.1, -0.05) is 0 Å². The number of pyridine rings is 1. The summed E-state index contributed by atoms with van der Waals surface area (Å²) in [6, 6.07) is 4.10. The van der Waals surface area contributed by atoms with Crippen LogP contribution in [0.3, 0.4) is 0 Å². The van der Waals surface area contributed by atoms with Crippen LogP contribution in [0.15, 0.2) is 18.3 Å². The summed E-state index contributed by atoms with van der Waals surface area (Å²) in [5.74, 6) is 0.687. The third kappa shape index (κ3) is 3.41. The van der Waals surface area contributed by atoms with E-state index in [-0.39, 0.29) is 0 Å². The van der Waals surface area contributed by atoms with Gasteiger partial charge in [-0.05, 0) is 31.0 Å². The maximum absolute atomic E-state index is 5.21. The maximum atomic E-state index is 5.21. The second-order valence-electron chi connectivity index (χ2n) is 4.63. The van der Waals surface area contributed by atoms with Crippen LogP contribution in [0, 0.1) is 5.92 Å². The third-order valence-electron chi connectivity index (χ3n) is 3.26. The van der Waals surface area contributed by atoms with Crippen LogP contribution in [0.2, 0.25) is 0 Å². The first-order chi connectivity index (χ1) is 8.31. The molecule has 1 fully saturated rings. The zero-order chi connectivity index (χ0) is 12.1. The molecule has 0 bridgehead atoms. The van der Waals surface area contributed by atoms with Crippen molar-refractivity contribution >= 4 is 5.69 Å². The van der Waals surface area contributed by atoms with Gasteiger partial charge in [0.15, 0.2) is 0 Å². The van der Waals surface area contributed by atoms with Crippen molar-refractivity contribution in [3.8, 4) is 0 Å². The maximum Gasteiger partial charge on any atom is 0.0564 e. The highest BCUT2D eigenvalue weighted by molar-refractivity contribution is 5.42. The molecular weight excluding hydrogens is 214 g/mol. The van der Waals surface area contributed by atoms with Gasteiger partial charge < -0.3 is 10.1 Å². The van der Waals surface area contributed by atoms with E-state index in [0.29, 0.717) is 5.92 Å². The Morgan fingerprint density at radius 3 is 3.24 bits per heavy atom. The summed E-state index contributed by atoms with van der Waals surface area (Å²) in [5, 5.41) is 3.14. The highest BCUT2D eigenvalue weighted by Gasteiger charge is 2.22. The molecule has 1 atom stereocenters. The van der Waals surface area contributed by atoms with Crippen LogP contribution in [0.25, 0.3) is 0 Å². The van der Waals surface area contributed by atoms with Crippen molar-refractivity contribution < 1.29 is 4.74 Å². The van der Waals surface area contributed by atoms with Crippen LogP contribution in [-0.4, -0.2) is 43.7 Å². The SMILES string of the molecule is CNc1ccnc(CN2CCC(COC)C2)c1. The summed E-state index contributed by atoms with van der Waals surface area (Å²) < 4.78 is 5.21. The molecule has 4 nitrogen and oxygen atoms in total. The summed E-state index contributed by atoms with van der Waals surface area (Å²) in [6.07, 6.45) is 3.10. The molecule has 1 aromatic heterocycles. The Kier molecular flexibility index (Phi) is 4.34. The first-order valence-electron chi connectivity index (χ1n) is 6.16. The molecule has 1 N–H and O–H groups in total. The molecule has 1 aromatic rings. The Labute approximate surface area is 103 Å². The molecule has 94 valence electrons. The standard InChI is InChI=1S/C13H21N3O/c1-14-12-3-5-15-13(7-12)9-16-6-4-11(8-16)10-17-2/h3,5,7,11H,4,6,8-10H2,1-2H3,(H,14,15). The van der Waals surface area contributed by atoms with Gasteiger partial charge in [-0.2, -0.15) is 0 Å². The number of likely N-dealkylation sites (tertiary alicyclic amines) is 1. The van der Waals surface area contributed by atoms with Gasteiger partial charge in [0.25, 0.3) is 0 Å². The monoisotopic (exact) mass is 235 g/mol. The van der Waals surface area contributed by atoms with E-state index in [1.807, 2.05) is 19.3 Å². The molecule has 0 amide bonds. The molecule has 17 heavy (non-hydrogen) atoms. The van der Waals surface area contributed by atoms with Gasteiger partial charge in [0.05, 0.1) is 12.3 Å². The quantitative estimate of drug-likeness (QED) is 0.841. The van der Waals surface area contributed by atoms with Crippen LogP contribution in [-0.2, 0) is 11.3 Å². The van der Waals surface area contributed by atoms with E-state index in [1.165, 1.54) is 6.42 Å². The number of hydrogen-bond acceptors (Lipinski definition) is 4. The van der Waals surface area contributed by atoms with Crippen LogP contribution < -0.4 is 5.32 Å². The Balaban J connectivity index is 1.88. The van der Waals surface area contributed by atoms with Crippen LogP contribution in [0.4, 0.5) is 5.69 Å². The molecule has 0 aliphatic carbocycles. The average molecular weight is 235 g/mol. The topological polar surface area (TPSA) is 37.4 Å². The number of nitrogens with zero attached hydrogens (tertiary/aromatic N) is 2. The molecule has 1 unspecified atom stereocenters. The van der Waals surface area contributed by atoms with Gasteiger partial charge in [0.2, 0.25) is 0 Å². The number of anilines is 1. The molecular formula is C13H21N3O. The molecule has 4 heteroatoms. The van der Waals surface area contributed by atoms with E-state index < -0.39 is 0 Å². The van der Waals surface area contributed by atoms with E-state index in [0.717, 1.165) is 37.6 Å². The van der Waals surface area contributed by atoms with E-state index >= 15 is 0 Å². The summed E-state index contributed by atoms with van der Waals surface area (Å²) in [4.78, 5) is 6.86. The second kappa shape index (κ2) is 5.98. The highest BCUT2D eigenvalue weighted by Crippen LogP contribution is 2.19. The first kappa shape index (κ1) is 12.3. The lowest BCUT2D eigenvalue weighted by Gasteiger charge is -2.15. The zero-order valence-corrected chi connectivity index (χ0v) is 10.6. The Morgan fingerprint density at radius 1 is 1.59 bits per heavy atom. The van der Waals surface area contributed by atoms with Crippen molar-refractivity contribution in [1.29, 1.82) is 0 Å². The predicted molar refractivity (Wildman–Crippen MR) is 69.0 cm³/mol. The molecule has 1 saturated heterocycles. The van der Waals surface area contributed by atoms with Gasteiger partial charge in [-0.3, -0.25) is 9.88 Å². The summed E-state index contributed by atoms with van der Waals surface area (Å²) in [7, 11) is 3.71. The molecule has 0 radical (unpaired) electrons. The van der Waals surface area contributed by atoms with Crippen LogP contribution in [0.5, 0.6) is 0 Å². The third-order valence-corrected chi connectivity index (χ3v) is 3.26. The Hall–Kier alpha value is -1.13. The summed E-state index contributed by atoms with van der Waals surface area (Å²) in [6.45, 7) is 4.09. The van der Waals surface area contributed by atoms with Crippen LogP contribution in [0.1, 0.15) is 12.1 Å². The number of ether oxygens (including phenoxy) is 1. The van der Waals surface area contributed by atoms with Crippen molar-refractivity contribution in [1.82, 2.24) is 9.88 Å². The van der Waals surface area contributed by atoms with Gasteiger partial charge in [0.1, 0.15) is 0 Å². The first-order valence-corrected chi connectivity index (χ1v) is 6.16. The fraction of sp³-hybridized carbons (Fsp3) is 0.615. The van der Waals surface area contributed by atoms with Crippen molar-refractivity contribution in [2.75, 3.05) is 39.2 Å². The van der Waals surface area contributed by atoms with Gasteiger partial charge in [-0.15, -0.1) is 0 Å². The largest absolute Gasteiger partial charge is 0.388 e. The second-order valence-corrected chi connectivity index (χ2v) is 4.63. The van der Waals surface area contributed by atoms with E-state index in [9.17, 15) is 0 Å². The fourth-order valence-electron chi connectivity index (χ4n) is 2.38. The minimum Gasteiger partial charge on any atom is -0.388 e. The number of rotatable bonds is 5. The lowest BCUT2D eigenvalue weighted by Crippen LogP contribution is -2.21. The molecule has 1 aliphatic rings. The molecule has 0 aromatic carbocycles.